The highest BCUT2D eigenvalue weighted by molar-refractivity contribution is 5.90. The highest BCUT2D eigenvalue weighted by atomic mass is 16.2. The summed E-state index contributed by atoms with van der Waals surface area (Å²) in [5.74, 6) is -0.0143. The Morgan fingerprint density at radius 2 is 1.93 bits per heavy atom. The molecule has 0 saturated carbocycles. The van der Waals surface area contributed by atoms with Crippen molar-refractivity contribution in [3.63, 3.8) is 0 Å². The van der Waals surface area contributed by atoms with E-state index in [1.165, 1.54) is 17.0 Å². The molecular formula is C20H17N5O2. The Balaban J connectivity index is 1.49. The molecule has 2 heterocycles. The predicted octanol–water partition coefficient (Wildman–Crippen LogP) is 2.73. The molecule has 4 rings (SSSR count). The Bertz CT molecular complexity index is 1140. The highest BCUT2D eigenvalue weighted by Gasteiger charge is 2.10. The van der Waals surface area contributed by atoms with Crippen LogP contribution in [0.2, 0.25) is 0 Å². The van der Waals surface area contributed by atoms with Gasteiger partial charge in [-0.05, 0) is 19.1 Å². The van der Waals surface area contributed by atoms with Gasteiger partial charge >= 0.3 is 0 Å². The third-order valence-electron chi connectivity index (χ3n) is 4.19. The largest absolute Gasteiger partial charge is 0.324 e. The minimum absolute atomic E-state index is 0.142. The molecule has 0 aliphatic carbocycles. The third-order valence-corrected chi connectivity index (χ3v) is 4.19. The lowest BCUT2D eigenvalue weighted by atomic mass is 10.1. The summed E-state index contributed by atoms with van der Waals surface area (Å²) in [6.07, 6.45) is 1.38. The van der Waals surface area contributed by atoms with E-state index in [-0.39, 0.29) is 18.0 Å². The van der Waals surface area contributed by atoms with Gasteiger partial charge in [0.25, 0.3) is 5.56 Å². The number of nitrogens with one attached hydrogen (secondary N) is 2. The van der Waals surface area contributed by atoms with Crippen molar-refractivity contribution in [1.29, 1.82) is 0 Å². The lowest BCUT2D eigenvalue weighted by Gasteiger charge is -2.07. The third kappa shape index (κ3) is 3.62. The molecule has 0 aliphatic rings. The number of anilines is 1. The smallest absolute Gasteiger partial charge is 0.254 e. The Hall–Kier alpha value is -3.74. The number of imidazole rings is 1. The van der Waals surface area contributed by atoms with E-state index in [4.69, 9.17) is 0 Å². The number of aromatic amines is 1. The SMILES string of the molecule is Cc1ccc(-c2cc(=O)n(CC(=O)Nc3nc4ccccc4[nH]3)cn2)cc1. The number of para-hydroxylation sites is 2. The number of carbonyl (C=O) groups is 1. The van der Waals surface area contributed by atoms with Gasteiger partial charge in [-0.15, -0.1) is 0 Å². The van der Waals surface area contributed by atoms with Gasteiger partial charge in [0.1, 0.15) is 6.54 Å². The van der Waals surface area contributed by atoms with Crippen LogP contribution in [0, 0.1) is 6.92 Å². The van der Waals surface area contributed by atoms with Gasteiger partial charge in [-0.1, -0.05) is 42.0 Å². The van der Waals surface area contributed by atoms with Gasteiger partial charge in [0.05, 0.1) is 23.1 Å². The zero-order chi connectivity index (χ0) is 18.8. The van der Waals surface area contributed by atoms with Crippen molar-refractivity contribution >= 4 is 22.9 Å². The van der Waals surface area contributed by atoms with Gasteiger partial charge in [-0.25, -0.2) is 9.97 Å². The molecule has 2 aromatic carbocycles. The normalized spacial score (nSPS) is 10.9. The molecule has 0 spiro atoms. The fourth-order valence-corrected chi connectivity index (χ4v) is 2.77. The first-order valence-electron chi connectivity index (χ1n) is 8.46. The second-order valence-corrected chi connectivity index (χ2v) is 6.26. The number of hydrogen-bond donors (Lipinski definition) is 2. The van der Waals surface area contributed by atoms with Crippen LogP contribution < -0.4 is 10.9 Å². The summed E-state index contributed by atoms with van der Waals surface area (Å²) in [6, 6.07) is 16.6. The van der Waals surface area contributed by atoms with E-state index in [0.29, 0.717) is 11.6 Å². The minimum Gasteiger partial charge on any atom is -0.324 e. The van der Waals surface area contributed by atoms with Gasteiger partial charge < -0.3 is 4.98 Å². The van der Waals surface area contributed by atoms with Crippen molar-refractivity contribution in [2.75, 3.05) is 5.32 Å². The molecule has 27 heavy (non-hydrogen) atoms. The molecule has 2 N–H and O–H groups in total. The lowest BCUT2D eigenvalue weighted by molar-refractivity contribution is -0.116. The molecule has 2 aromatic heterocycles. The van der Waals surface area contributed by atoms with Crippen LogP contribution in [0.15, 0.2) is 65.7 Å². The predicted molar refractivity (Wildman–Crippen MR) is 103 cm³/mol. The average molecular weight is 359 g/mol. The number of aromatic nitrogens is 4. The number of rotatable bonds is 4. The van der Waals surface area contributed by atoms with Crippen LogP contribution in [0.3, 0.4) is 0 Å². The number of aryl methyl sites for hydroxylation is 1. The number of fused-ring (bicyclic) bond motifs is 1. The monoisotopic (exact) mass is 359 g/mol. The second kappa shape index (κ2) is 6.87. The maximum absolute atomic E-state index is 12.3. The molecule has 7 heteroatoms. The average Bonchev–Trinajstić information content (AvgIpc) is 3.06. The zero-order valence-corrected chi connectivity index (χ0v) is 14.6. The number of amides is 1. The molecule has 0 saturated heterocycles. The first-order chi connectivity index (χ1) is 13.1. The van der Waals surface area contributed by atoms with Gasteiger partial charge in [-0.2, -0.15) is 0 Å². The van der Waals surface area contributed by atoms with E-state index >= 15 is 0 Å². The molecule has 0 bridgehead atoms. The fourth-order valence-electron chi connectivity index (χ4n) is 2.77. The Labute approximate surface area is 154 Å². The summed E-state index contributed by atoms with van der Waals surface area (Å²) < 4.78 is 1.26. The molecule has 0 unspecified atom stereocenters. The van der Waals surface area contributed by atoms with Gasteiger partial charge in [-0.3, -0.25) is 19.5 Å². The topological polar surface area (TPSA) is 92.7 Å². The van der Waals surface area contributed by atoms with Crippen LogP contribution in [0.4, 0.5) is 5.95 Å². The van der Waals surface area contributed by atoms with Gasteiger partial charge in [0.15, 0.2) is 0 Å². The van der Waals surface area contributed by atoms with E-state index in [9.17, 15) is 9.59 Å². The fraction of sp³-hybridized carbons (Fsp3) is 0.100. The van der Waals surface area contributed by atoms with E-state index < -0.39 is 0 Å². The Morgan fingerprint density at radius 3 is 2.67 bits per heavy atom. The molecule has 134 valence electrons. The van der Waals surface area contributed by atoms with Crippen molar-refractivity contribution < 1.29 is 4.79 Å². The number of nitrogens with zero attached hydrogens (tertiary/aromatic N) is 3. The number of hydrogen-bond acceptors (Lipinski definition) is 4. The summed E-state index contributed by atoms with van der Waals surface area (Å²) in [7, 11) is 0. The first-order valence-corrected chi connectivity index (χ1v) is 8.46. The minimum atomic E-state index is -0.360. The molecule has 0 atom stereocenters. The Kier molecular flexibility index (Phi) is 4.25. The molecular weight excluding hydrogens is 342 g/mol. The van der Waals surface area contributed by atoms with Crippen molar-refractivity contribution in [3.8, 4) is 11.3 Å². The molecule has 7 nitrogen and oxygen atoms in total. The van der Waals surface area contributed by atoms with Crippen LogP contribution in [0.1, 0.15) is 5.56 Å². The van der Waals surface area contributed by atoms with Crippen LogP contribution in [0.25, 0.3) is 22.3 Å². The van der Waals surface area contributed by atoms with Crippen LogP contribution in [0.5, 0.6) is 0 Å². The first kappa shape index (κ1) is 16.7. The summed E-state index contributed by atoms with van der Waals surface area (Å²) in [6.45, 7) is 1.85. The van der Waals surface area contributed by atoms with Crippen molar-refractivity contribution in [3.05, 3.63) is 76.8 Å². The van der Waals surface area contributed by atoms with Crippen molar-refractivity contribution in [1.82, 2.24) is 19.5 Å². The second-order valence-electron chi connectivity index (χ2n) is 6.26. The molecule has 0 fully saturated rings. The Morgan fingerprint density at radius 1 is 1.15 bits per heavy atom. The van der Waals surface area contributed by atoms with Crippen LogP contribution >= 0.6 is 0 Å². The highest BCUT2D eigenvalue weighted by Crippen LogP contribution is 2.15. The van der Waals surface area contributed by atoms with Crippen molar-refractivity contribution in [2.45, 2.75) is 13.5 Å². The summed E-state index contributed by atoms with van der Waals surface area (Å²) in [5.41, 5.74) is 3.86. The molecule has 0 radical (unpaired) electrons. The van der Waals surface area contributed by atoms with E-state index in [0.717, 1.165) is 22.2 Å². The van der Waals surface area contributed by atoms with E-state index in [1.807, 2.05) is 55.5 Å². The molecule has 0 aliphatic heterocycles. The summed E-state index contributed by atoms with van der Waals surface area (Å²) in [4.78, 5) is 36.2. The van der Waals surface area contributed by atoms with Crippen LogP contribution in [-0.2, 0) is 11.3 Å². The van der Waals surface area contributed by atoms with Gasteiger partial charge in [0, 0.05) is 11.6 Å². The van der Waals surface area contributed by atoms with Crippen molar-refractivity contribution in [2.24, 2.45) is 0 Å². The van der Waals surface area contributed by atoms with Gasteiger partial charge in [0.2, 0.25) is 11.9 Å². The summed E-state index contributed by atoms with van der Waals surface area (Å²) >= 11 is 0. The summed E-state index contributed by atoms with van der Waals surface area (Å²) in [5, 5.41) is 2.67. The lowest BCUT2D eigenvalue weighted by Crippen LogP contribution is -2.27. The van der Waals surface area contributed by atoms with E-state index in [2.05, 4.69) is 20.3 Å². The standard InChI is InChI=1S/C20H17N5O2/c1-13-6-8-14(9-7-13)17-10-19(27)25(12-21-17)11-18(26)24-20-22-15-4-2-3-5-16(15)23-20/h2-10,12H,11H2,1H3,(H2,22,23,24,26). The van der Waals surface area contributed by atoms with E-state index in [1.54, 1.807) is 0 Å². The quantitative estimate of drug-likeness (QED) is 0.586. The maximum Gasteiger partial charge on any atom is 0.254 e. The number of benzene rings is 2. The molecule has 4 aromatic rings. The van der Waals surface area contributed by atoms with Crippen LogP contribution in [-0.4, -0.2) is 25.4 Å². The zero-order valence-electron chi connectivity index (χ0n) is 14.6. The maximum atomic E-state index is 12.3. The number of H-pyrrole nitrogens is 1. The number of carbonyl (C=O) groups excluding carboxylic acids is 1. The molecule has 1 amide bonds.